The number of anilines is 1. The Morgan fingerprint density at radius 2 is 1.88 bits per heavy atom. The number of aromatic nitrogens is 4. The average molecular weight is 491 g/mol. The van der Waals surface area contributed by atoms with Gasteiger partial charge in [0.1, 0.15) is 16.4 Å². The first kappa shape index (κ1) is 24.5. The highest BCUT2D eigenvalue weighted by atomic mass is 32.2. The first-order chi connectivity index (χ1) is 15.7. The SMILES string of the molecule is COc1ccc(OC(C)c2nnc(SCC(=O)Nc3nc(C)c(C(=O)N(C)C)s3)n2C)cc1. The minimum atomic E-state index is -0.343. The predicted molar refractivity (Wildman–Crippen MR) is 127 cm³/mol. The number of benzene rings is 1. The predicted octanol–water partition coefficient (Wildman–Crippen LogP) is 3.16. The fourth-order valence-electron chi connectivity index (χ4n) is 2.85. The number of ether oxygens (including phenoxy) is 2. The Morgan fingerprint density at radius 1 is 1.21 bits per heavy atom. The lowest BCUT2D eigenvalue weighted by Gasteiger charge is -2.14. The minimum absolute atomic E-state index is 0.120. The van der Waals surface area contributed by atoms with Gasteiger partial charge in [-0.25, -0.2) is 4.98 Å². The molecule has 12 heteroatoms. The third kappa shape index (κ3) is 6.02. The normalized spacial score (nSPS) is 11.7. The van der Waals surface area contributed by atoms with E-state index in [1.165, 1.54) is 16.7 Å². The number of nitrogens with one attached hydrogen (secondary N) is 1. The molecule has 2 aromatic heterocycles. The highest BCUT2D eigenvalue weighted by Crippen LogP contribution is 2.26. The number of thiazole rings is 1. The molecule has 33 heavy (non-hydrogen) atoms. The smallest absolute Gasteiger partial charge is 0.265 e. The van der Waals surface area contributed by atoms with Crippen LogP contribution in [0, 0.1) is 6.92 Å². The summed E-state index contributed by atoms with van der Waals surface area (Å²) in [7, 11) is 6.79. The Balaban J connectivity index is 1.57. The summed E-state index contributed by atoms with van der Waals surface area (Å²) in [5, 5.41) is 12.1. The van der Waals surface area contributed by atoms with Gasteiger partial charge in [-0.15, -0.1) is 10.2 Å². The molecule has 0 saturated carbocycles. The molecular weight excluding hydrogens is 464 g/mol. The first-order valence-corrected chi connectivity index (χ1v) is 11.8. The molecule has 0 aliphatic carbocycles. The molecule has 0 aliphatic rings. The number of rotatable bonds is 9. The van der Waals surface area contributed by atoms with Crippen molar-refractivity contribution in [2.24, 2.45) is 7.05 Å². The average Bonchev–Trinajstić information content (AvgIpc) is 3.33. The molecule has 0 fully saturated rings. The van der Waals surface area contributed by atoms with Gasteiger partial charge < -0.3 is 24.3 Å². The molecule has 0 bridgehead atoms. The van der Waals surface area contributed by atoms with Crippen molar-refractivity contribution in [1.82, 2.24) is 24.6 Å². The fraction of sp³-hybridized carbons (Fsp3) is 0.381. The highest BCUT2D eigenvalue weighted by molar-refractivity contribution is 7.99. The van der Waals surface area contributed by atoms with E-state index in [2.05, 4.69) is 20.5 Å². The summed E-state index contributed by atoms with van der Waals surface area (Å²) in [6.45, 7) is 3.63. The summed E-state index contributed by atoms with van der Waals surface area (Å²) < 4.78 is 12.9. The molecule has 2 heterocycles. The van der Waals surface area contributed by atoms with Crippen LogP contribution in [0.25, 0.3) is 0 Å². The van der Waals surface area contributed by atoms with Crippen molar-refractivity contribution in [1.29, 1.82) is 0 Å². The molecule has 176 valence electrons. The van der Waals surface area contributed by atoms with E-state index in [-0.39, 0.29) is 23.7 Å². The van der Waals surface area contributed by atoms with Crippen molar-refractivity contribution in [2.45, 2.75) is 25.1 Å². The van der Waals surface area contributed by atoms with E-state index in [4.69, 9.17) is 9.47 Å². The second-order valence-electron chi connectivity index (χ2n) is 7.31. The Kier molecular flexibility index (Phi) is 7.92. The summed E-state index contributed by atoms with van der Waals surface area (Å²) in [5.41, 5.74) is 0.588. The number of hydrogen-bond acceptors (Lipinski definition) is 9. The van der Waals surface area contributed by atoms with E-state index in [1.807, 2.05) is 38.2 Å². The Hall–Kier alpha value is -3.12. The van der Waals surface area contributed by atoms with Gasteiger partial charge in [0.2, 0.25) is 5.91 Å². The van der Waals surface area contributed by atoms with E-state index in [1.54, 1.807) is 32.7 Å². The first-order valence-electron chi connectivity index (χ1n) is 10.0. The van der Waals surface area contributed by atoms with Crippen LogP contribution < -0.4 is 14.8 Å². The molecule has 0 aliphatic heterocycles. The van der Waals surface area contributed by atoms with Gasteiger partial charge in [0.05, 0.1) is 18.6 Å². The van der Waals surface area contributed by atoms with Crippen molar-refractivity contribution in [3.05, 3.63) is 40.7 Å². The van der Waals surface area contributed by atoms with Gasteiger partial charge in [-0.3, -0.25) is 9.59 Å². The number of carbonyl (C=O) groups is 2. The van der Waals surface area contributed by atoms with Crippen molar-refractivity contribution < 1.29 is 19.1 Å². The summed E-state index contributed by atoms with van der Waals surface area (Å²) in [6, 6.07) is 7.29. The number of methoxy groups -OCH3 is 1. The molecule has 0 radical (unpaired) electrons. The van der Waals surface area contributed by atoms with Crippen LogP contribution in [0.1, 0.15) is 34.2 Å². The van der Waals surface area contributed by atoms with Crippen LogP contribution in [-0.4, -0.2) is 63.4 Å². The maximum absolute atomic E-state index is 12.4. The van der Waals surface area contributed by atoms with Crippen LogP contribution in [0.4, 0.5) is 5.13 Å². The van der Waals surface area contributed by atoms with Crippen molar-refractivity contribution >= 4 is 40.0 Å². The molecule has 0 spiro atoms. The highest BCUT2D eigenvalue weighted by Gasteiger charge is 2.20. The van der Waals surface area contributed by atoms with Gasteiger partial charge in [0.15, 0.2) is 22.2 Å². The standard InChI is InChI=1S/C21H26N6O4S2/c1-12-17(19(29)26(3)4)33-20(22-12)23-16(28)11-32-21-25-24-18(27(21)5)13(2)31-15-9-7-14(30-6)8-10-15/h7-10,13H,11H2,1-6H3,(H,22,23,28). The quantitative estimate of drug-likeness (QED) is 0.455. The van der Waals surface area contributed by atoms with Crippen LogP contribution in [0.5, 0.6) is 11.5 Å². The maximum atomic E-state index is 12.4. The second kappa shape index (κ2) is 10.7. The Morgan fingerprint density at radius 3 is 2.52 bits per heavy atom. The summed E-state index contributed by atoms with van der Waals surface area (Å²) in [5.74, 6) is 1.80. The lowest BCUT2D eigenvalue weighted by molar-refractivity contribution is -0.113. The number of nitrogens with zero attached hydrogens (tertiary/aromatic N) is 5. The van der Waals surface area contributed by atoms with Crippen molar-refractivity contribution in [3.8, 4) is 11.5 Å². The molecule has 3 aromatic rings. The van der Waals surface area contributed by atoms with Gasteiger partial charge in [-0.05, 0) is 38.1 Å². The van der Waals surface area contributed by atoms with Gasteiger partial charge >= 0.3 is 0 Å². The van der Waals surface area contributed by atoms with E-state index in [0.29, 0.717) is 32.4 Å². The molecule has 1 unspecified atom stereocenters. The molecule has 1 atom stereocenters. The molecule has 3 rings (SSSR count). The molecular formula is C21H26N6O4S2. The van der Waals surface area contributed by atoms with Gasteiger partial charge in [0.25, 0.3) is 5.91 Å². The van der Waals surface area contributed by atoms with E-state index >= 15 is 0 Å². The molecule has 10 nitrogen and oxygen atoms in total. The molecule has 1 N–H and O–H groups in total. The molecule has 1 aromatic carbocycles. The van der Waals surface area contributed by atoms with Crippen molar-refractivity contribution in [2.75, 3.05) is 32.3 Å². The molecule has 2 amide bonds. The topological polar surface area (TPSA) is 111 Å². The minimum Gasteiger partial charge on any atom is -0.497 e. The zero-order chi connectivity index (χ0) is 24.1. The summed E-state index contributed by atoms with van der Waals surface area (Å²) in [6.07, 6.45) is -0.343. The lowest BCUT2D eigenvalue weighted by atomic mass is 10.3. The van der Waals surface area contributed by atoms with Crippen molar-refractivity contribution in [3.63, 3.8) is 0 Å². The second-order valence-corrected chi connectivity index (χ2v) is 9.25. The third-order valence-corrected chi connectivity index (χ3v) is 6.66. The van der Waals surface area contributed by atoms with Crippen LogP contribution in [0.15, 0.2) is 29.4 Å². The Labute approximate surface area is 200 Å². The summed E-state index contributed by atoms with van der Waals surface area (Å²) in [4.78, 5) is 30.8. The van der Waals surface area contributed by atoms with Crippen LogP contribution >= 0.6 is 23.1 Å². The fourth-order valence-corrected chi connectivity index (χ4v) is 4.58. The summed E-state index contributed by atoms with van der Waals surface area (Å²) >= 11 is 2.41. The number of aryl methyl sites for hydroxylation is 1. The van der Waals surface area contributed by atoms with Gasteiger partial charge in [0, 0.05) is 21.1 Å². The van der Waals surface area contributed by atoms with Crippen LogP contribution in [0.3, 0.4) is 0 Å². The van der Waals surface area contributed by atoms with Gasteiger partial charge in [-0.1, -0.05) is 23.1 Å². The van der Waals surface area contributed by atoms with E-state index in [9.17, 15) is 9.59 Å². The number of hydrogen-bond donors (Lipinski definition) is 1. The Bertz CT molecular complexity index is 1130. The number of carbonyl (C=O) groups excluding carboxylic acids is 2. The number of thioether (sulfide) groups is 1. The lowest BCUT2D eigenvalue weighted by Crippen LogP contribution is -2.21. The molecule has 0 saturated heterocycles. The maximum Gasteiger partial charge on any atom is 0.265 e. The largest absolute Gasteiger partial charge is 0.497 e. The monoisotopic (exact) mass is 490 g/mol. The number of amides is 2. The van der Waals surface area contributed by atoms with E-state index in [0.717, 1.165) is 17.1 Å². The van der Waals surface area contributed by atoms with Crippen LogP contribution in [0.2, 0.25) is 0 Å². The zero-order valence-corrected chi connectivity index (χ0v) is 20.9. The zero-order valence-electron chi connectivity index (χ0n) is 19.3. The van der Waals surface area contributed by atoms with E-state index < -0.39 is 0 Å². The van der Waals surface area contributed by atoms with Crippen LogP contribution in [-0.2, 0) is 11.8 Å². The third-order valence-electron chi connectivity index (χ3n) is 4.58. The van der Waals surface area contributed by atoms with Gasteiger partial charge in [-0.2, -0.15) is 0 Å².